The van der Waals surface area contributed by atoms with Crippen molar-refractivity contribution >= 4 is 22.9 Å². The van der Waals surface area contributed by atoms with Gasteiger partial charge in [0.25, 0.3) is 0 Å². The molecule has 0 radical (unpaired) electrons. The summed E-state index contributed by atoms with van der Waals surface area (Å²) in [6.07, 6.45) is -14.2. The molecule has 16 heteroatoms. The second-order valence-corrected chi connectivity index (χ2v) is 11.2. The summed E-state index contributed by atoms with van der Waals surface area (Å²) in [7, 11) is 0. The summed E-state index contributed by atoms with van der Waals surface area (Å²) in [6.45, 7) is 5.04. The number of aromatic hydroxyl groups is 2. The third-order valence-corrected chi connectivity index (χ3v) is 7.69. The van der Waals surface area contributed by atoms with Crippen molar-refractivity contribution in [1.29, 1.82) is 0 Å². The smallest absolute Gasteiger partial charge is 0.303 e. The van der Waals surface area contributed by atoms with E-state index >= 15 is 0 Å². The van der Waals surface area contributed by atoms with E-state index in [2.05, 4.69) is 0 Å². The molecule has 3 aromatic rings. The zero-order chi connectivity index (χ0) is 34.3. The number of fused-ring (bicyclic) bond motifs is 1. The Labute approximate surface area is 266 Å². The Morgan fingerprint density at radius 3 is 1.98 bits per heavy atom. The zero-order valence-electron chi connectivity index (χ0n) is 25.5. The van der Waals surface area contributed by atoms with E-state index in [1.54, 1.807) is 0 Å². The number of aliphatic hydroxyl groups excluding tert-OH is 4. The van der Waals surface area contributed by atoms with Gasteiger partial charge in [0.2, 0.25) is 29.9 Å². The number of phenols is 2. The predicted octanol–water partition coefficient (Wildman–Crippen LogP) is 0.425. The van der Waals surface area contributed by atoms with Gasteiger partial charge in [-0.05, 0) is 38.1 Å². The second kappa shape index (κ2) is 13.3. The van der Waals surface area contributed by atoms with Gasteiger partial charge in [-0.1, -0.05) is 0 Å². The van der Waals surface area contributed by atoms with Gasteiger partial charge in [0.15, 0.2) is 11.9 Å². The highest BCUT2D eigenvalue weighted by Gasteiger charge is 2.50. The average Bonchev–Trinajstić information content (AvgIpc) is 3.00. The number of esters is 2. The van der Waals surface area contributed by atoms with Gasteiger partial charge in [-0.2, -0.15) is 0 Å². The topological polar surface area (TPSA) is 241 Å². The van der Waals surface area contributed by atoms with Gasteiger partial charge in [-0.15, -0.1) is 0 Å². The molecule has 0 saturated carbocycles. The Balaban J connectivity index is 1.61. The molecule has 2 aliphatic rings. The maximum absolute atomic E-state index is 14.0. The predicted molar refractivity (Wildman–Crippen MR) is 156 cm³/mol. The van der Waals surface area contributed by atoms with Crippen molar-refractivity contribution in [3.05, 3.63) is 46.6 Å². The van der Waals surface area contributed by atoms with E-state index in [4.69, 9.17) is 32.8 Å². The maximum Gasteiger partial charge on any atom is 0.303 e. The van der Waals surface area contributed by atoms with Crippen LogP contribution in [0.5, 0.6) is 23.0 Å². The Morgan fingerprint density at radius 1 is 0.745 bits per heavy atom. The van der Waals surface area contributed by atoms with Crippen LogP contribution in [0.1, 0.15) is 27.7 Å². The molecule has 3 heterocycles. The summed E-state index contributed by atoms with van der Waals surface area (Å²) in [4.78, 5) is 37.9. The van der Waals surface area contributed by atoms with E-state index < -0.39 is 95.7 Å². The van der Waals surface area contributed by atoms with Crippen LogP contribution in [0.3, 0.4) is 0 Å². The molecule has 0 bridgehead atoms. The molecule has 0 spiro atoms. The SMILES string of the molecule is CC(=O)OC1[C@@H](O)C(C)O[C@@H](Oc2c(-c3ccc(O)cc3)oc3cc(O[C@@H]4OC(C)[C@H](O)C(O)[C@@H]4O)cc(O)c3c2=O)[C@H]1OC(C)=O. The fourth-order valence-corrected chi connectivity index (χ4v) is 5.32. The van der Waals surface area contributed by atoms with Crippen molar-refractivity contribution in [3.63, 3.8) is 0 Å². The summed E-state index contributed by atoms with van der Waals surface area (Å²) in [6, 6.07) is 7.62. The van der Waals surface area contributed by atoms with Crippen molar-refractivity contribution in [1.82, 2.24) is 0 Å². The normalized spacial score (nSPS) is 30.8. The summed E-state index contributed by atoms with van der Waals surface area (Å²) in [5.74, 6) is -3.36. The molecular weight excluding hydrogens is 628 g/mol. The second-order valence-electron chi connectivity index (χ2n) is 11.2. The molecule has 2 aromatic carbocycles. The molecule has 10 atom stereocenters. The minimum atomic E-state index is -1.67. The van der Waals surface area contributed by atoms with Crippen LogP contribution in [-0.2, 0) is 28.5 Å². The van der Waals surface area contributed by atoms with E-state index in [9.17, 15) is 45.0 Å². The number of ether oxygens (including phenoxy) is 6. The fourth-order valence-electron chi connectivity index (χ4n) is 5.32. The van der Waals surface area contributed by atoms with Crippen molar-refractivity contribution in [2.45, 2.75) is 89.1 Å². The van der Waals surface area contributed by atoms with Crippen LogP contribution in [0.4, 0.5) is 0 Å². The molecule has 16 nitrogen and oxygen atoms in total. The number of aliphatic hydroxyl groups is 4. The summed E-state index contributed by atoms with van der Waals surface area (Å²) < 4.78 is 39.5. The molecule has 2 aliphatic heterocycles. The lowest BCUT2D eigenvalue weighted by molar-refractivity contribution is -0.277. The third kappa shape index (κ3) is 6.83. The van der Waals surface area contributed by atoms with Gasteiger partial charge in [0, 0.05) is 31.5 Å². The lowest BCUT2D eigenvalue weighted by Crippen LogP contribution is -2.61. The van der Waals surface area contributed by atoms with E-state index in [0.29, 0.717) is 0 Å². The maximum atomic E-state index is 14.0. The van der Waals surface area contributed by atoms with Gasteiger partial charge in [-0.3, -0.25) is 14.4 Å². The minimum absolute atomic E-state index is 0.113. The van der Waals surface area contributed by atoms with Gasteiger partial charge in [0.05, 0.1) is 12.2 Å². The van der Waals surface area contributed by atoms with E-state index in [1.165, 1.54) is 44.2 Å². The zero-order valence-corrected chi connectivity index (χ0v) is 25.5. The number of phenolic OH excluding ortho intramolecular Hbond substituents is 2. The number of rotatable bonds is 7. The average molecular weight is 663 g/mol. The lowest BCUT2D eigenvalue weighted by atomic mass is 9.99. The molecule has 6 N–H and O–H groups in total. The molecule has 47 heavy (non-hydrogen) atoms. The van der Waals surface area contributed by atoms with E-state index in [0.717, 1.165) is 19.9 Å². The van der Waals surface area contributed by atoms with E-state index in [1.807, 2.05) is 0 Å². The third-order valence-electron chi connectivity index (χ3n) is 7.69. The van der Waals surface area contributed by atoms with Crippen LogP contribution in [0.15, 0.2) is 45.6 Å². The largest absolute Gasteiger partial charge is 0.508 e. The molecule has 254 valence electrons. The highest BCUT2D eigenvalue weighted by atomic mass is 16.7. The van der Waals surface area contributed by atoms with Gasteiger partial charge in [-0.25, -0.2) is 0 Å². The van der Waals surface area contributed by atoms with Crippen molar-refractivity contribution in [3.8, 4) is 34.3 Å². The Morgan fingerprint density at radius 2 is 1.34 bits per heavy atom. The number of benzene rings is 2. The first-order chi connectivity index (χ1) is 22.2. The molecule has 1 aromatic heterocycles. The summed E-state index contributed by atoms with van der Waals surface area (Å²) >= 11 is 0. The first-order valence-electron chi connectivity index (χ1n) is 14.5. The van der Waals surface area contributed by atoms with Crippen LogP contribution < -0.4 is 14.9 Å². The Kier molecular flexibility index (Phi) is 9.63. The Hall–Kier alpha value is -4.45. The van der Waals surface area contributed by atoms with Crippen molar-refractivity contribution < 1.29 is 73.1 Å². The molecule has 5 rings (SSSR count). The quantitative estimate of drug-likeness (QED) is 0.188. The molecule has 2 saturated heterocycles. The van der Waals surface area contributed by atoms with Gasteiger partial charge >= 0.3 is 11.9 Å². The number of carbonyl (C=O) groups excluding carboxylic acids is 2. The standard InChI is InChI=1S/C31H34O16/c1-11-21(36)24(39)25(40)30(41-11)45-17-9-18(35)20-19(10-17)46-26(15-5-7-16(34)8-6-15)28(23(20)38)47-31-29(44-14(4)33)27(43-13(3)32)22(37)12(2)42-31/h5-12,21-22,24-25,27,29-31,34-37,39-40H,1-4H3/t11?,12?,21-,22-,24?,25-,27?,29-,30-,31-/m0/s1. The molecule has 0 aliphatic carbocycles. The molecule has 2 fully saturated rings. The van der Waals surface area contributed by atoms with Gasteiger partial charge < -0.3 is 63.5 Å². The van der Waals surface area contributed by atoms with Crippen LogP contribution in [-0.4, -0.2) is 104 Å². The number of hydrogen-bond donors (Lipinski definition) is 6. The molecular formula is C31H34O16. The summed E-state index contributed by atoms with van der Waals surface area (Å²) in [5.41, 5.74) is -0.974. The molecule has 4 unspecified atom stereocenters. The van der Waals surface area contributed by atoms with Crippen LogP contribution in [0.25, 0.3) is 22.3 Å². The number of carbonyl (C=O) groups is 2. The molecule has 0 amide bonds. The highest BCUT2D eigenvalue weighted by Crippen LogP contribution is 2.39. The monoisotopic (exact) mass is 662 g/mol. The summed E-state index contributed by atoms with van der Waals surface area (Å²) in [5, 5.41) is 61.7. The van der Waals surface area contributed by atoms with Crippen molar-refractivity contribution in [2.75, 3.05) is 0 Å². The van der Waals surface area contributed by atoms with Gasteiger partial charge in [0.1, 0.15) is 52.6 Å². The van der Waals surface area contributed by atoms with Crippen LogP contribution in [0.2, 0.25) is 0 Å². The van der Waals surface area contributed by atoms with Crippen LogP contribution >= 0.6 is 0 Å². The number of hydrogen-bond acceptors (Lipinski definition) is 16. The highest BCUT2D eigenvalue weighted by molar-refractivity contribution is 5.88. The lowest BCUT2D eigenvalue weighted by Gasteiger charge is -2.41. The Bertz CT molecular complexity index is 1690. The van der Waals surface area contributed by atoms with Crippen LogP contribution in [0, 0.1) is 0 Å². The minimum Gasteiger partial charge on any atom is -0.508 e. The van der Waals surface area contributed by atoms with E-state index in [-0.39, 0.29) is 28.4 Å². The van der Waals surface area contributed by atoms with Crippen molar-refractivity contribution in [2.24, 2.45) is 0 Å². The fraction of sp³-hybridized carbons (Fsp3) is 0.452. The first-order valence-corrected chi connectivity index (χ1v) is 14.5. The first kappa shape index (κ1) is 33.9.